The summed E-state index contributed by atoms with van der Waals surface area (Å²) in [6.45, 7) is 0. The van der Waals surface area contributed by atoms with Crippen LogP contribution in [0.1, 0.15) is 5.56 Å². The van der Waals surface area contributed by atoms with Crippen LogP contribution in [0.25, 0.3) is 6.08 Å². The third-order valence-electron chi connectivity index (χ3n) is 3.25. The first-order valence-corrected chi connectivity index (χ1v) is 7.74. The molecule has 1 fully saturated rings. The SMILES string of the molecule is O=C1NN(c2cccc(Cl)c2)C(=O)/C1=C/c1cc(Br)ccc1O. The molecule has 0 unspecified atom stereocenters. The van der Waals surface area contributed by atoms with E-state index in [2.05, 4.69) is 21.4 Å². The van der Waals surface area contributed by atoms with Gasteiger partial charge in [0.2, 0.25) is 0 Å². The summed E-state index contributed by atoms with van der Waals surface area (Å²) in [6, 6.07) is 11.3. The van der Waals surface area contributed by atoms with Crippen LogP contribution < -0.4 is 10.4 Å². The minimum absolute atomic E-state index is 0.0255. The molecule has 5 nitrogen and oxygen atoms in total. The Bertz CT molecular complexity index is 851. The number of rotatable bonds is 2. The molecule has 1 aliphatic rings. The van der Waals surface area contributed by atoms with Gasteiger partial charge in [0, 0.05) is 15.1 Å². The number of phenolic OH excluding ortho intramolecular Hbond substituents is 1. The predicted octanol–water partition coefficient (Wildman–Crippen LogP) is 3.27. The topological polar surface area (TPSA) is 69.6 Å². The van der Waals surface area contributed by atoms with E-state index in [0.29, 0.717) is 16.3 Å². The third kappa shape index (κ3) is 3.09. The van der Waals surface area contributed by atoms with Crippen molar-refractivity contribution in [2.24, 2.45) is 0 Å². The lowest BCUT2D eigenvalue weighted by molar-refractivity contribution is -0.117. The van der Waals surface area contributed by atoms with E-state index in [4.69, 9.17) is 11.6 Å². The molecule has 2 aromatic rings. The van der Waals surface area contributed by atoms with E-state index in [1.54, 1.807) is 36.4 Å². The summed E-state index contributed by atoms with van der Waals surface area (Å²) < 4.78 is 0.722. The lowest BCUT2D eigenvalue weighted by Gasteiger charge is -2.14. The van der Waals surface area contributed by atoms with Crippen LogP contribution >= 0.6 is 27.5 Å². The maximum absolute atomic E-state index is 12.5. The molecule has 0 bridgehead atoms. The quantitative estimate of drug-likeness (QED) is 0.608. The summed E-state index contributed by atoms with van der Waals surface area (Å²) in [5, 5.41) is 11.4. The second-order valence-corrected chi connectivity index (χ2v) is 6.17. The molecule has 0 radical (unpaired) electrons. The number of carbonyl (C=O) groups is 2. The summed E-state index contributed by atoms with van der Waals surface area (Å²) in [6.07, 6.45) is 1.35. The Balaban J connectivity index is 1.99. The minimum atomic E-state index is -0.547. The van der Waals surface area contributed by atoms with Gasteiger partial charge < -0.3 is 5.11 Å². The van der Waals surface area contributed by atoms with Crippen LogP contribution in [-0.4, -0.2) is 16.9 Å². The molecule has 0 atom stereocenters. The minimum Gasteiger partial charge on any atom is -0.507 e. The van der Waals surface area contributed by atoms with Crippen LogP contribution in [-0.2, 0) is 9.59 Å². The van der Waals surface area contributed by atoms with E-state index in [1.165, 1.54) is 12.1 Å². The van der Waals surface area contributed by atoms with E-state index < -0.39 is 11.8 Å². The van der Waals surface area contributed by atoms with Crippen molar-refractivity contribution in [2.75, 3.05) is 5.01 Å². The van der Waals surface area contributed by atoms with Crippen LogP contribution in [0.2, 0.25) is 5.02 Å². The van der Waals surface area contributed by atoms with Crippen molar-refractivity contribution in [1.82, 2.24) is 5.43 Å². The number of nitrogens with one attached hydrogen (secondary N) is 1. The van der Waals surface area contributed by atoms with Crippen molar-refractivity contribution in [3.63, 3.8) is 0 Å². The maximum Gasteiger partial charge on any atom is 0.282 e. The number of anilines is 1. The molecule has 1 saturated heterocycles. The third-order valence-corrected chi connectivity index (χ3v) is 3.98. The number of nitrogens with zero attached hydrogens (tertiary/aromatic N) is 1. The summed E-state index contributed by atoms with van der Waals surface area (Å²) in [5.74, 6) is -1.09. The zero-order chi connectivity index (χ0) is 16.6. The van der Waals surface area contributed by atoms with Crippen LogP contribution in [0.4, 0.5) is 5.69 Å². The normalized spacial score (nSPS) is 16.1. The van der Waals surface area contributed by atoms with Crippen molar-refractivity contribution in [3.05, 3.63) is 63.1 Å². The molecule has 0 spiro atoms. The second kappa shape index (κ2) is 6.06. The Kier molecular flexibility index (Phi) is 4.11. The van der Waals surface area contributed by atoms with Crippen molar-refractivity contribution in [1.29, 1.82) is 0 Å². The number of phenols is 1. The highest BCUT2D eigenvalue weighted by atomic mass is 79.9. The van der Waals surface area contributed by atoms with Gasteiger partial charge in [-0.1, -0.05) is 33.6 Å². The molecule has 0 aliphatic carbocycles. The van der Waals surface area contributed by atoms with E-state index in [1.807, 2.05) is 0 Å². The van der Waals surface area contributed by atoms with Crippen molar-refractivity contribution in [3.8, 4) is 5.75 Å². The number of hydrogen-bond donors (Lipinski definition) is 2. The average molecular weight is 394 g/mol. The summed E-state index contributed by atoms with van der Waals surface area (Å²) in [5.41, 5.74) is 3.23. The highest BCUT2D eigenvalue weighted by Crippen LogP contribution is 2.27. The predicted molar refractivity (Wildman–Crippen MR) is 90.9 cm³/mol. The smallest absolute Gasteiger partial charge is 0.282 e. The molecule has 3 rings (SSSR count). The molecule has 0 aromatic heterocycles. The fourth-order valence-corrected chi connectivity index (χ4v) is 2.71. The van der Waals surface area contributed by atoms with Gasteiger partial charge in [-0.15, -0.1) is 0 Å². The number of hydrazine groups is 1. The first-order chi connectivity index (χ1) is 11.0. The lowest BCUT2D eigenvalue weighted by atomic mass is 10.1. The number of amides is 2. The fourth-order valence-electron chi connectivity index (χ4n) is 2.15. The van der Waals surface area contributed by atoms with Crippen LogP contribution in [0.5, 0.6) is 5.75 Å². The van der Waals surface area contributed by atoms with Gasteiger partial charge in [-0.25, -0.2) is 5.01 Å². The van der Waals surface area contributed by atoms with E-state index in [9.17, 15) is 14.7 Å². The molecule has 2 N–H and O–H groups in total. The fraction of sp³-hybridized carbons (Fsp3) is 0. The van der Waals surface area contributed by atoms with Crippen LogP contribution in [0, 0.1) is 0 Å². The van der Waals surface area contributed by atoms with Gasteiger partial charge in [-0.05, 0) is 42.5 Å². The standard InChI is InChI=1S/C16H10BrClN2O3/c17-10-4-5-14(21)9(6-10)7-13-15(22)19-20(16(13)23)12-3-1-2-11(18)8-12/h1-8,21H,(H,19,22)/b13-7+. The van der Waals surface area contributed by atoms with E-state index >= 15 is 0 Å². The largest absolute Gasteiger partial charge is 0.507 e. The summed E-state index contributed by atoms with van der Waals surface area (Å²) >= 11 is 9.19. The van der Waals surface area contributed by atoms with Crippen molar-refractivity contribution < 1.29 is 14.7 Å². The van der Waals surface area contributed by atoms with Gasteiger partial charge in [0.1, 0.15) is 11.3 Å². The molecular formula is C16H10BrClN2O3. The first kappa shape index (κ1) is 15.6. The van der Waals surface area contributed by atoms with Gasteiger partial charge in [-0.3, -0.25) is 15.0 Å². The molecule has 0 saturated carbocycles. The molecule has 116 valence electrons. The van der Waals surface area contributed by atoms with Crippen molar-refractivity contribution >= 4 is 51.1 Å². The van der Waals surface area contributed by atoms with Gasteiger partial charge >= 0.3 is 0 Å². The van der Waals surface area contributed by atoms with E-state index in [-0.39, 0.29) is 11.3 Å². The summed E-state index contributed by atoms with van der Waals surface area (Å²) in [4.78, 5) is 24.6. The van der Waals surface area contributed by atoms with Crippen LogP contribution in [0.15, 0.2) is 52.5 Å². The highest BCUT2D eigenvalue weighted by Gasteiger charge is 2.34. The van der Waals surface area contributed by atoms with Gasteiger partial charge in [0.25, 0.3) is 11.8 Å². The monoisotopic (exact) mass is 392 g/mol. The van der Waals surface area contributed by atoms with Gasteiger partial charge in [-0.2, -0.15) is 0 Å². The number of benzene rings is 2. The molecule has 2 aromatic carbocycles. The van der Waals surface area contributed by atoms with Crippen molar-refractivity contribution in [2.45, 2.75) is 0 Å². The Hall–Kier alpha value is -2.31. The Morgan fingerprint density at radius 2 is 1.96 bits per heavy atom. The molecular weight excluding hydrogens is 384 g/mol. The Morgan fingerprint density at radius 1 is 1.17 bits per heavy atom. The number of hydrogen-bond acceptors (Lipinski definition) is 3. The lowest BCUT2D eigenvalue weighted by Crippen LogP contribution is -2.35. The van der Waals surface area contributed by atoms with Crippen LogP contribution in [0.3, 0.4) is 0 Å². The van der Waals surface area contributed by atoms with Gasteiger partial charge in [0.05, 0.1) is 5.69 Å². The molecule has 2 amide bonds. The maximum atomic E-state index is 12.5. The second-order valence-electron chi connectivity index (χ2n) is 4.82. The molecule has 23 heavy (non-hydrogen) atoms. The first-order valence-electron chi connectivity index (χ1n) is 6.57. The van der Waals surface area contributed by atoms with E-state index in [0.717, 1.165) is 9.48 Å². The molecule has 1 heterocycles. The van der Waals surface area contributed by atoms with Gasteiger partial charge in [0.15, 0.2) is 0 Å². The Labute approximate surface area is 145 Å². The number of halogens is 2. The molecule has 1 aliphatic heterocycles. The number of carbonyl (C=O) groups excluding carboxylic acids is 2. The average Bonchev–Trinajstić information content (AvgIpc) is 2.79. The highest BCUT2D eigenvalue weighted by molar-refractivity contribution is 9.10. The number of aromatic hydroxyl groups is 1. The summed E-state index contributed by atoms with van der Waals surface area (Å²) in [7, 11) is 0. The molecule has 7 heteroatoms. The zero-order valence-electron chi connectivity index (χ0n) is 11.6. The Morgan fingerprint density at radius 3 is 2.70 bits per heavy atom. The zero-order valence-corrected chi connectivity index (χ0v) is 13.9.